The minimum Gasteiger partial charge on any atom is -0.359 e. The van der Waals surface area contributed by atoms with Crippen molar-refractivity contribution in [1.29, 1.82) is 5.26 Å². The lowest BCUT2D eigenvalue weighted by atomic mass is 9.99. The van der Waals surface area contributed by atoms with Crippen LogP contribution >= 0.6 is 0 Å². The smallest absolute Gasteiger partial charge is 0.146 e. The van der Waals surface area contributed by atoms with Crippen LogP contribution < -0.4 is 15.8 Å². The zero-order valence-electron chi connectivity index (χ0n) is 14.2. The van der Waals surface area contributed by atoms with Gasteiger partial charge in [-0.3, -0.25) is 10.9 Å². The number of nitriles is 1. The van der Waals surface area contributed by atoms with E-state index in [9.17, 15) is 4.39 Å². The molecule has 5 nitrogen and oxygen atoms in total. The Balaban J connectivity index is 1.47. The molecule has 25 heavy (non-hydrogen) atoms. The van der Waals surface area contributed by atoms with Crippen LogP contribution in [0.3, 0.4) is 0 Å². The quantitative estimate of drug-likeness (QED) is 0.847. The van der Waals surface area contributed by atoms with E-state index in [1.807, 2.05) is 24.1 Å². The summed E-state index contributed by atoms with van der Waals surface area (Å²) in [7, 11) is 1.96. The molecule has 0 saturated carbocycles. The average molecular weight is 339 g/mol. The van der Waals surface area contributed by atoms with Crippen LogP contribution in [-0.4, -0.2) is 24.6 Å². The molecule has 1 aromatic carbocycles. The third-order valence-corrected chi connectivity index (χ3v) is 4.57. The highest BCUT2D eigenvalue weighted by Gasteiger charge is 2.24. The first-order chi connectivity index (χ1) is 12.2. The zero-order chi connectivity index (χ0) is 17.6. The molecule has 0 amide bonds. The van der Waals surface area contributed by atoms with Gasteiger partial charge >= 0.3 is 0 Å². The fourth-order valence-electron chi connectivity index (χ4n) is 3.19. The number of hydrogen-bond donors (Lipinski definition) is 2. The number of anilines is 1. The molecule has 2 atom stereocenters. The van der Waals surface area contributed by atoms with E-state index in [1.54, 1.807) is 18.3 Å². The van der Waals surface area contributed by atoms with Crippen molar-refractivity contribution in [1.82, 2.24) is 15.8 Å². The Hall–Kier alpha value is -2.49. The van der Waals surface area contributed by atoms with E-state index < -0.39 is 0 Å². The Morgan fingerprint density at radius 1 is 1.28 bits per heavy atom. The first kappa shape index (κ1) is 17.3. The van der Waals surface area contributed by atoms with Gasteiger partial charge in [-0.1, -0.05) is 12.1 Å². The van der Waals surface area contributed by atoms with E-state index in [2.05, 4.69) is 21.9 Å². The molecule has 130 valence electrons. The molecular weight excluding hydrogens is 317 g/mol. The minimum absolute atomic E-state index is 0.208. The van der Waals surface area contributed by atoms with Gasteiger partial charge in [-0.25, -0.2) is 9.37 Å². The van der Waals surface area contributed by atoms with E-state index in [-0.39, 0.29) is 11.9 Å². The van der Waals surface area contributed by atoms with Crippen LogP contribution in [0.25, 0.3) is 0 Å². The molecule has 0 radical (unpaired) electrons. The van der Waals surface area contributed by atoms with Gasteiger partial charge in [0.2, 0.25) is 0 Å². The molecule has 0 spiro atoms. The van der Waals surface area contributed by atoms with Crippen LogP contribution in [0.1, 0.15) is 36.4 Å². The van der Waals surface area contributed by atoms with Gasteiger partial charge in [0.05, 0.1) is 5.56 Å². The van der Waals surface area contributed by atoms with Crippen molar-refractivity contribution in [2.24, 2.45) is 0 Å². The zero-order valence-corrected chi connectivity index (χ0v) is 14.2. The van der Waals surface area contributed by atoms with Crippen molar-refractivity contribution in [3.8, 4) is 6.07 Å². The summed E-state index contributed by atoms with van der Waals surface area (Å²) in [5, 5.41) is 9.16. The van der Waals surface area contributed by atoms with E-state index in [4.69, 9.17) is 5.26 Å². The molecule has 6 heteroatoms. The standard InChI is InChI=1S/C19H22FN5/c1-25(19-15(13-21)4-2-10-22-19)11-3-5-17-12-18(24-23-17)14-6-8-16(20)9-7-14/h2,4,6-10,17-18,23-24H,3,5,11-12H2,1H3. The number of hydrazine groups is 1. The van der Waals surface area contributed by atoms with Crippen molar-refractivity contribution in [2.45, 2.75) is 31.3 Å². The lowest BCUT2D eigenvalue weighted by molar-refractivity contribution is 0.502. The number of rotatable bonds is 6. The topological polar surface area (TPSA) is 64.0 Å². The third kappa shape index (κ3) is 4.32. The molecule has 2 unspecified atom stereocenters. The second kappa shape index (κ2) is 8.06. The maximum Gasteiger partial charge on any atom is 0.146 e. The number of nitrogens with zero attached hydrogens (tertiary/aromatic N) is 3. The summed E-state index contributed by atoms with van der Waals surface area (Å²) in [5.41, 5.74) is 8.31. The van der Waals surface area contributed by atoms with Gasteiger partial charge in [-0.05, 0) is 49.1 Å². The monoisotopic (exact) mass is 339 g/mol. The molecule has 1 aliphatic rings. The number of aromatic nitrogens is 1. The van der Waals surface area contributed by atoms with Gasteiger partial charge in [-0.2, -0.15) is 5.26 Å². The lowest BCUT2D eigenvalue weighted by Crippen LogP contribution is -2.31. The first-order valence-corrected chi connectivity index (χ1v) is 8.50. The maximum absolute atomic E-state index is 13.0. The lowest BCUT2D eigenvalue weighted by Gasteiger charge is -2.20. The normalized spacial score (nSPS) is 19.6. The van der Waals surface area contributed by atoms with Crippen LogP contribution in [0.5, 0.6) is 0 Å². The van der Waals surface area contributed by atoms with Crippen molar-refractivity contribution in [3.05, 3.63) is 59.5 Å². The average Bonchev–Trinajstić information content (AvgIpc) is 3.11. The Morgan fingerprint density at radius 3 is 2.84 bits per heavy atom. The summed E-state index contributed by atoms with van der Waals surface area (Å²) in [6.07, 6.45) is 4.70. The van der Waals surface area contributed by atoms with E-state index in [1.165, 1.54) is 12.1 Å². The molecule has 2 N–H and O–H groups in total. The van der Waals surface area contributed by atoms with E-state index in [0.29, 0.717) is 11.6 Å². The van der Waals surface area contributed by atoms with Gasteiger partial charge in [-0.15, -0.1) is 0 Å². The summed E-state index contributed by atoms with van der Waals surface area (Å²) >= 11 is 0. The predicted octanol–water partition coefficient (Wildman–Crippen LogP) is 2.92. The molecule has 1 saturated heterocycles. The number of pyridine rings is 1. The number of halogens is 1. The van der Waals surface area contributed by atoms with Crippen LogP contribution in [0.4, 0.5) is 10.2 Å². The van der Waals surface area contributed by atoms with Crippen molar-refractivity contribution in [3.63, 3.8) is 0 Å². The summed E-state index contributed by atoms with van der Waals surface area (Å²) in [6, 6.07) is 13.0. The molecule has 1 aromatic heterocycles. The number of benzene rings is 1. The number of hydrogen-bond acceptors (Lipinski definition) is 5. The van der Waals surface area contributed by atoms with Gasteiger partial charge in [0, 0.05) is 31.9 Å². The van der Waals surface area contributed by atoms with Crippen molar-refractivity contribution >= 4 is 5.82 Å². The summed E-state index contributed by atoms with van der Waals surface area (Å²) in [4.78, 5) is 6.33. The summed E-state index contributed by atoms with van der Waals surface area (Å²) in [6.45, 7) is 0.838. The molecule has 0 aliphatic carbocycles. The largest absolute Gasteiger partial charge is 0.359 e. The van der Waals surface area contributed by atoms with Gasteiger partial charge in [0.25, 0.3) is 0 Å². The molecule has 3 rings (SSSR count). The SMILES string of the molecule is CN(CCCC1CC(c2ccc(F)cc2)NN1)c1ncccc1C#N. The van der Waals surface area contributed by atoms with Crippen LogP contribution in [0, 0.1) is 17.1 Å². The Morgan fingerprint density at radius 2 is 2.08 bits per heavy atom. The van der Waals surface area contributed by atoms with Gasteiger partial charge in [0.1, 0.15) is 17.7 Å². The van der Waals surface area contributed by atoms with Crippen molar-refractivity contribution < 1.29 is 4.39 Å². The second-order valence-electron chi connectivity index (χ2n) is 6.38. The van der Waals surface area contributed by atoms with Crippen LogP contribution in [0.2, 0.25) is 0 Å². The van der Waals surface area contributed by atoms with E-state index in [0.717, 1.165) is 37.2 Å². The fourth-order valence-corrected chi connectivity index (χ4v) is 3.19. The molecule has 1 aliphatic heterocycles. The Bertz CT molecular complexity index is 740. The molecular formula is C19H22FN5. The third-order valence-electron chi connectivity index (χ3n) is 4.57. The minimum atomic E-state index is -0.208. The predicted molar refractivity (Wildman–Crippen MR) is 95.3 cm³/mol. The first-order valence-electron chi connectivity index (χ1n) is 8.50. The van der Waals surface area contributed by atoms with Crippen LogP contribution in [0.15, 0.2) is 42.6 Å². The molecule has 0 bridgehead atoms. The van der Waals surface area contributed by atoms with Crippen LogP contribution in [-0.2, 0) is 0 Å². The summed E-state index contributed by atoms with van der Waals surface area (Å²) < 4.78 is 13.0. The molecule has 2 heterocycles. The molecule has 2 aromatic rings. The maximum atomic E-state index is 13.0. The van der Waals surface area contributed by atoms with Crippen molar-refractivity contribution in [2.75, 3.05) is 18.5 Å². The highest BCUT2D eigenvalue weighted by atomic mass is 19.1. The Labute approximate surface area is 147 Å². The summed E-state index contributed by atoms with van der Waals surface area (Å²) in [5.74, 6) is 0.521. The molecule has 1 fully saturated rings. The van der Waals surface area contributed by atoms with Gasteiger partial charge < -0.3 is 4.90 Å². The second-order valence-corrected chi connectivity index (χ2v) is 6.38. The highest BCUT2D eigenvalue weighted by Crippen LogP contribution is 2.24. The fraction of sp³-hybridized carbons (Fsp3) is 0.368. The number of nitrogens with one attached hydrogen (secondary N) is 2. The van der Waals surface area contributed by atoms with Gasteiger partial charge in [0.15, 0.2) is 0 Å². The Kier molecular flexibility index (Phi) is 5.59. The highest BCUT2D eigenvalue weighted by molar-refractivity contribution is 5.52. The van der Waals surface area contributed by atoms with E-state index >= 15 is 0 Å².